The Morgan fingerprint density at radius 3 is 2.83 bits per heavy atom. The minimum absolute atomic E-state index is 0.138. The topological polar surface area (TPSA) is 38.8 Å². The average Bonchev–Trinajstić information content (AvgIpc) is 2.80. The van der Waals surface area contributed by atoms with E-state index in [1.165, 1.54) is 6.08 Å². The Morgan fingerprint density at radius 1 is 1.58 bits per heavy atom. The first-order chi connectivity index (χ1) is 5.77. The number of esters is 1. The third-order valence-corrected chi connectivity index (χ3v) is 1.73. The third-order valence-electron chi connectivity index (χ3n) is 1.73. The summed E-state index contributed by atoms with van der Waals surface area (Å²) >= 11 is 0. The van der Waals surface area contributed by atoms with Crippen LogP contribution in [-0.2, 0) is 14.3 Å². The lowest BCUT2D eigenvalue weighted by Crippen LogP contribution is -1.99. The fourth-order valence-electron chi connectivity index (χ4n) is 1.02. The van der Waals surface area contributed by atoms with E-state index in [0.717, 1.165) is 6.42 Å². The number of hydrogen-bond acceptors (Lipinski definition) is 3. The van der Waals surface area contributed by atoms with E-state index < -0.39 is 0 Å². The van der Waals surface area contributed by atoms with Crippen molar-refractivity contribution in [2.24, 2.45) is 0 Å². The molecular weight excluding hydrogens is 156 g/mol. The Balaban J connectivity index is 2.18. The summed E-state index contributed by atoms with van der Waals surface area (Å²) in [6.45, 7) is 4.27. The van der Waals surface area contributed by atoms with Gasteiger partial charge in [-0.25, -0.2) is 4.79 Å². The second-order valence-corrected chi connectivity index (χ2v) is 2.66. The van der Waals surface area contributed by atoms with Crippen LogP contribution in [0.2, 0.25) is 0 Å². The first kappa shape index (κ1) is 9.26. The molecule has 68 valence electrons. The van der Waals surface area contributed by atoms with Gasteiger partial charge in [0.15, 0.2) is 0 Å². The molecule has 0 saturated carbocycles. The maximum Gasteiger partial charge on any atom is 0.330 e. The summed E-state index contributed by atoms with van der Waals surface area (Å²) in [6, 6.07) is 0. The molecule has 0 aliphatic carbocycles. The van der Waals surface area contributed by atoms with Crippen molar-refractivity contribution in [2.45, 2.75) is 32.5 Å². The molecule has 1 aliphatic heterocycles. The molecule has 1 rings (SSSR count). The van der Waals surface area contributed by atoms with E-state index in [1.54, 1.807) is 13.0 Å². The molecule has 0 N–H and O–H groups in total. The van der Waals surface area contributed by atoms with Crippen molar-refractivity contribution in [2.75, 3.05) is 6.61 Å². The maximum atomic E-state index is 10.8. The van der Waals surface area contributed by atoms with Crippen LogP contribution in [-0.4, -0.2) is 24.8 Å². The highest BCUT2D eigenvalue weighted by Gasteiger charge is 2.34. The Bertz CT molecular complexity index is 186. The smallest absolute Gasteiger partial charge is 0.330 e. The maximum absolute atomic E-state index is 10.8. The van der Waals surface area contributed by atoms with Gasteiger partial charge in [-0.1, -0.05) is 6.92 Å². The van der Waals surface area contributed by atoms with Gasteiger partial charge in [-0.15, -0.1) is 0 Å². The largest absolute Gasteiger partial charge is 0.463 e. The Kier molecular flexibility index (Phi) is 3.29. The van der Waals surface area contributed by atoms with Gasteiger partial charge in [-0.2, -0.15) is 0 Å². The van der Waals surface area contributed by atoms with E-state index in [0.29, 0.717) is 12.7 Å². The molecule has 0 radical (unpaired) electrons. The highest BCUT2D eigenvalue weighted by molar-refractivity contribution is 5.82. The van der Waals surface area contributed by atoms with Gasteiger partial charge in [-0.3, -0.25) is 0 Å². The number of hydrogen-bond donors (Lipinski definition) is 0. The molecule has 0 aromatic rings. The van der Waals surface area contributed by atoms with Crippen molar-refractivity contribution in [1.82, 2.24) is 0 Å². The van der Waals surface area contributed by atoms with Crippen LogP contribution in [0.15, 0.2) is 12.2 Å². The van der Waals surface area contributed by atoms with E-state index in [2.05, 4.69) is 6.92 Å². The Hall–Kier alpha value is -0.830. The summed E-state index contributed by atoms with van der Waals surface area (Å²) in [4.78, 5) is 10.8. The molecule has 2 atom stereocenters. The van der Waals surface area contributed by atoms with Crippen molar-refractivity contribution < 1.29 is 14.3 Å². The molecule has 1 saturated heterocycles. The first-order valence-electron chi connectivity index (χ1n) is 4.28. The van der Waals surface area contributed by atoms with Crippen molar-refractivity contribution in [3.8, 4) is 0 Å². The second kappa shape index (κ2) is 4.26. The fourth-order valence-corrected chi connectivity index (χ4v) is 1.02. The molecule has 12 heavy (non-hydrogen) atoms. The van der Waals surface area contributed by atoms with Gasteiger partial charge in [0, 0.05) is 6.08 Å². The van der Waals surface area contributed by atoms with Crippen LogP contribution in [0.3, 0.4) is 0 Å². The fraction of sp³-hybridized carbons (Fsp3) is 0.667. The SMILES string of the molecule is CCOC(=O)/C=C/[C@@H]1O[C@@H]1CC. The van der Waals surface area contributed by atoms with Crippen LogP contribution in [0.1, 0.15) is 20.3 Å². The van der Waals surface area contributed by atoms with Gasteiger partial charge in [0.2, 0.25) is 0 Å². The number of carbonyl (C=O) groups excluding carboxylic acids is 1. The lowest BCUT2D eigenvalue weighted by Gasteiger charge is -1.92. The van der Waals surface area contributed by atoms with Gasteiger partial charge >= 0.3 is 5.97 Å². The van der Waals surface area contributed by atoms with E-state index in [-0.39, 0.29) is 12.1 Å². The van der Waals surface area contributed by atoms with Gasteiger partial charge in [0.25, 0.3) is 0 Å². The van der Waals surface area contributed by atoms with E-state index >= 15 is 0 Å². The molecule has 0 aromatic heterocycles. The van der Waals surface area contributed by atoms with Gasteiger partial charge in [-0.05, 0) is 19.4 Å². The monoisotopic (exact) mass is 170 g/mol. The molecule has 1 aliphatic rings. The molecule has 0 bridgehead atoms. The predicted molar refractivity (Wildman–Crippen MR) is 44.7 cm³/mol. The van der Waals surface area contributed by atoms with Crippen LogP contribution in [0.25, 0.3) is 0 Å². The van der Waals surface area contributed by atoms with Crippen molar-refractivity contribution >= 4 is 5.97 Å². The highest BCUT2D eigenvalue weighted by atomic mass is 16.6. The third kappa shape index (κ3) is 2.66. The minimum atomic E-state index is -0.289. The molecule has 1 fully saturated rings. The van der Waals surface area contributed by atoms with Gasteiger partial charge in [0.1, 0.15) is 6.10 Å². The Labute approximate surface area is 72.4 Å². The predicted octanol–water partition coefficient (Wildman–Crippen LogP) is 1.28. The summed E-state index contributed by atoms with van der Waals surface area (Å²) in [5.41, 5.74) is 0. The number of carbonyl (C=O) groups is 1. The van der Waals surface area contributed by atoms with Crippen molar-refractivity contribution in [1.29, 1.82) is 0 Å². The molecular formula is C9H14O3. The molecule has 3 nitrogen and oxygen atoms in total. The molecule has 1 heterocycles. The van der Waals surface area contributed by atoms with Crippen molar-refractivity contribution in [3.63, 3.8) is 0 Å². The van der Waals surface area contributed by atoms with Crippen LogP contribution < -0.4 is 0 Å². The number of epoxide rings is 1. The lowest BCUT2D eigenvalue weighted by molar-refractivity contribution is -0.137. The summed E-state index contributed by atoms with van der Waals surface area (Å²) in [6.07, 6.45) is 4.64. The average molecular weight is 170 g/mol. The normalized spacial score (nSPS) is 27.5. The molecule has 0 amide bonds. The van der Waals surface area contributed by atoms with E-state index in [1.807, 2.05) is 0 Å². The first-order valence-corrected chi connectivity index (χ1v) is 4.28. The van der Waals surface area contributed by atoms with Gasteiger partial charge in [0.05, 0.1) is 12.7 Å². The molecule has 0 spiro atoms. The summed E-state index contributed by atoms with van der Waals surface area (Å²) in [5.74, 6) is -0.289. The van der Waals surface area contributed by atoms with Crippen molar-refractivity contribution in [3.05, 3.63) is 12.2 Å². The zero-order valence-electron chi connectivity index (χ0n) is 7.45. The second-order valence-electron chi connectivity index (χ2n) is 2.66. The van der Waals surface area contributed by atoms with E-state index in [9.17, 15) is 4.79 Å². The minimum Gasteiger partial charge on any atom is -0.463 e. The zero-order chi connectivity index (χ0) is 8.97. The Morgan fingerprint density at radius 2 is 2.33 bits per heavy atom. The zero-order valence-corrected chi connectivity index (χ0v) is 7.45. The standard InChI is InChI=1S/C9H14O3/c1-3-7-8(12-7)5-6-9(10)11-4-2/h5-8H,3-4H2,1-2H3/b6-5+/t7-,8+/m1/s1. The summed E-state index contributed by atoms with van der Waals surface area (Å²) in [7, 11) is 0. The summed E-state index contributed by atoms with van der Waals surface area (Å²) < 4.78 is 9.91. The van der Waals surface area contributed by atoms with Gasteiger partial charge < -0.3 is 9.47 Å². The summed E-state index contributed by atoms with van der Waals surface area (Å²) in [5, 5.41) is 0. The number of ether oxygens (including phenoxy) is 2. The number of rotatable bonds is 4. The highest BCUT2D eigenvalue weighted by Crippen LogP contribution is 2.25. The molecule has 3 heteroatoms. The van der Waals surface area contributed by atoms with Crippen LogP contribution in [0.4, 0.5) is 0 Å². The van der Waals surface area contributed by atoms with Crippen LogP contribution in [0, 0.1) is 0 Å². The molecule has 0 unspecified atom stereocenters. The molecule has 0 aromatic carbocycles. The van der Waals surface area contributed by atoms with Crippen LogP contribution in [0.5, 0.6) is 0 Å². The van der Waals surface area contributed by atoms with E-state index in [4.69, 9.17) is 9.47 Å². The lowest BCUT2D eigenvalue weighted by atomic mass is 10.2. The quantitative estimate of drug-likeness (QED) is 0.362. The van der Waals surface area contributed by atoms with Crippen LogP contribution >= 0.6 is 0 Å².